The number of para-hydroxylation sites is 1. The molecular formula is C14H19NO3. The van der Waals surface area contributed by atoms with Crippen molar-refractivity contribution in [1.82, 2.24) is 0 Å². The lowest BCUT2D eigenvalue weighted by Crippen LogP contribution is -2.34. The van der Waals surface area contributed by atoms with E-state index in [1.807, 2.05) is 32.0 Å². The quantitative estimate of drug-likeness (QED) is 0.824. The average molecular weight is 249 g/mol. The van der Waals surface area contributed by atoms with Crippen LogP contribution in [0.25, 0.3) is 0 Å². The summed E-state index contributed by atoms with van der Waals surface area (Å²) in [6, 6.07) is 7.07. The van der Waals surface area contributed by atoms with E-state index in [1.54, 1.807) is 6.07 Å². The minimum Gasteiger partial charge on any atom is -0.490 e. The zero-order valence-corrected chi connectivity index (χ0v) is 10.8. The van der Waals surface area contributed by atoms with Crippen molar-refractivity contribution in [2.24, 2.45) is 11.7 Å². The molecular weight excluding hydrogens is 230 g/mol. The topological polar surface area (TPSA) is 61.5 Å². The summed E-state index contributed by atoms with van der Waals surface area (Å²) in [5, 5.41) is 0. The second-order valence-corrected chi connectivity index (χ2v) is 4.83. The Hall–Kier alpha value is -1.39. The summed E-state index contributed by atoms with van der Waals surface area (Å²) in [6.07, 6.45) is 0.0347. The molecule has 0 spiro atoms. The fourth-order valence-electron chi connectivity index (χ4n) is 2.07. The summed E-state index contributed by atoms with van der Waals surface area (Å²) in [5.74, 6) is 0.370. The lowest BCUT2D eigenvalue weighted by molar-refractivity contribution is 0.0890. The third-order valence-electron chi connectivity index (χ3n) is 2.98. The molecule has 1 saturated heterocycles. The first-order chi connectivity index (χ1) is 8.59. The number of benzene rings is 1. The van der Waals surface area contributed by atoms with Gasteiger partial charge in [0.25, 0.3) is 0 Å². The van der Waals surface area contributed by atoms with Gasteiger partial charge in [0.05, 0.1) is 30.8 Å². The molecule has 1 aliphatic rings. The van der Waals surface area contributed by atoms with Crippen molar-refractivity contribution in [1.29, 1.82) is 0 Å². The maximum atomic E-state index is 12.4. The lowest BCUT2D eigenvalue weighted by Gasteiger charge is -2.17. The fourth-order valence-corrected chi connectivity index (χ4v) is 2.07. The molecule has 0 amide bonds. The second kappa shape index (κ2) is 5.50. The fraction of sp³-hybridized carbons (Fsp3) is 0.500. The van der Waals surface area contributed by atoms with Crippen LogP contribution >= 0.6 is 0 Å². The summed E-state index contributed by atoms with van der Waals surface area (Å²) < 4.78 is 10.9. The van der Waals surface area contributed by atoms with Crippen LogP contribution < -0.4 is 10.5 Å². The van der Waals surface area contributed by atoms with Gasteiger partial charge in [-0.1, -0.05) is 12.1 Å². The summed E-state index contributed by atoms with van der Waals surface area (Å²) in [5.41, 5.74) is 6.48. The Morgan fingerprint density at radius 2 is 2.11 bits per heavy atom. The number of ketones is 1. The Balaban J connectivity index is 2.24. The highest BCUT2D eigenvalue weighted by Crippen LogP contribution is 2.25. The molecule has 18 heavy (non-hydrogen) atoms. The normalized spacial score (nSPS) is 23.3. The summed E-state index contributed by atoms with van der Waals surface area (Å²) in [6.45, 7) is 4.72. The lowest BCUT2D eigenvalue weighted by atomic mass is 9.93. The largest absolute Gasteiger partial charge is 0.490 e. The van der Waals surface area contributed by atoms with Gasteiger partial charge in [-0.3, -0.25) is 4.79 Å². The monoisotopic (exact) mass is 249 g/mol. The van der Waals surface area contributed by atoms with Crippen molar-refractivity contribution in [3.05, 3.63) is 29.8 Å². The van der Waals surface area contributed by atoms with E-state index in [4.69, 9.17) is 15.2 Å². The molecule has 2 N–H and O–H groups in total. The highest BCUT2D eigenvalue weighted by Gasteiger charge is 2.33. The van der Waals surface area contributed by atoms with E-state index in [1.165, 1.54) is 0 Å². The molecule has 1 aromatic rings. The van der Waals surface area contributed by atoms with Gasteiger partial charge in [-0.2, -0.15) is 0 Å². The van der Waals surface area contributed by atoms with Crippen molar-refractivity contribution in [3.63, 3.8) is 0 Å². The van der Waals surface area contributed by atoms with Gasteiger partial charge in [-0.15, -0.1) is 0 Å². The Bertz CT molecular complexity index is 431. The molecule has 2 atom stereocenters. The van der Waals surface area contributed by atoms with E-state index in [9.17, 15) is 4.79 Å². The molecule has 98 valence electrons. The third-order valence-corrected chi connectivity index (χ3v) is 2.98. The van der Waals surface area contributed by atoms with E-state index in [2.05, 4.69) is 0 Å². The van der Waals surface area contributed by atoms with Crippen LogP contribution in [0.4, 0.5) is 0 Å². The van der Waals surface area contributed by atoms with Gasteiger partial charge in [0, 0.05) is 6.04 Å². The van der Waals surface area contributed by atoms with Crippen molar-refractivity contribution >= 4 is 5.78 Å². The van der Waals surface area contributed by atoms with E-state index >= 15 is 0 Å². The minimum atomic E-state index is -0.262. The van der Waals surface area contributed by atoms with Crippen LogP contribution in [0.5, 0.6) is 5.75 Å². The van der Waals surface area contributed by atoms with Crippen LogP contribution in [0.1, 0.15) is 24.2 Å². The molecule has 2 unspecified atom stereocenters. The van der Waals surface area contributed by atoms with Crippen LogP contribution in [0.15, 0.2) is 24.3 Å². The minimum absolute atomic E-state index is 0.0104. The standard InChI is InChI=1S/C14H19NO3/c1-9(2)18-13-6-4-3-5-10(13)14(16)11-7-17-8-12(11)15/h3-6,9,11-12H,7-8,15H2,1-2H3. The van der Waals surface area contributed by atoms with Gasteiger partial charge in [-0.05, 0) is 26.0 Å². The van der Waals surface area contributed by atoms with Gasteiger partial charge in [0.15, 0.2) is 5.78 Å². The number of rotatable bonds is 4. The second-order valence-electron chi connectivity index (χ2n) is 4.83. The van der Waals surface area contributed by atoms with Crippen molar-refractivity contribution in [2.45, 2.75) is 26.0 Å². The smallest absolute Gasteiger partial charge is 0.173 e. The molecule has 1 fully saturated rings. The van der Waals surface area contributed by atoms with Crippen LogP contribution in [0.2, 0.25) is 0 Å². The highest BCUT2D eigenvalue weighted by molar-refractivity contribution is 6.01. The molecule has 0 aliphatic carbocycles. The molecule has 1 heterocycles. The SMILES string of the molecule is CC(C)Oc1ccccc1C(=O)C1COCC1N. The molecule has 0 bridgehead atoms. The molecule has 4 nitrogen and oxygen atoms in total. The van der Waals surface area contributed by atoms with Gasteiger partial charge in [-0.25, -0.2) is 0 Å². The highest BCUT2D eigenvalue weighted by atomic mass is 16.5. The van der Waals surface area contributed by atoms with Gasteiger partial charge < -0.3 is 15.2 Å². The Morgan fingerprint density at radius 1 is 1.39 bits per heavy atom. The molecule has 1 aromatic carbocycles. The molecule has 2 rings (SSSR count). The molecule has 0 aromatic heterocycles. The number of carbonyl (C=O) groups excluding carboxylic acids is 1. The molecule has 0 saturated carbocycles. The average Bonchev–Trinajstić information content (AvgIpc) is 2.74. The van der Waals surface area contributed by atoms with Gasteiger partial charge in [0.2, 0.25) is 0 Å². The van der Waals surface area contributed by atoms with Crippen LogP contribution in [-0.2, 0) is 4.74 Å². The maximum absolute atomic E-state index is 12.4. The summed E-state index contributed by atoms with van der Waals surface area (Å²) >= 11 is 0. The van der Waals surface area contributed by atoms with Crippen molar-refractivity contribution < 1.29 is 14.3 Å². The number of hydrogen-bond donors (Lipinski definition) is 1. The predicted octanol–water partition coefficient (Wildman–Crippen LogP) is 1.63. The van der Waals surface area contributed by atoms with Gasteiger partial charge >= 0.3 is 0 Å². The van der Waals surface area contributed by atoms with Crippen molar-refractivity contribution in [3.8, 4) is 5.75 Å². The van der Waals surface area contributed by atoms with Crippen LogP contribution in [0, 0.1) is 5.92 Å². The zero-order chi connectivity index (χ0) is 13.1. The molecule has 0 radical (unpaired) electrons. The first kappa shape index (κ1) is 13.1. The Morgan fingerprint density at radius 3 is 2.72 bits per heavy atom. The number of hydrogen-bond acceptors (Lipinski definition) is 4. The number of Topliss-reactive ketones (excluding diaryl/α,β-unsaturated/α-hetero) is 1. The number of carbonyl (C=O) groups is 1. The Kier molecular flexibility index (Phi) is 3.99. The first-order valence-corrected chi connectivity index (χ1v) is 6.23. The zero-order valence-electron chi connectivity index (χ0n) is 10.8. The van der Waals surface area contributed by atoms with E-state index < -0.39 is 0 Å². The molecule has 4 heteroatoms. The van der Waals surface area contributed by atoms with Crippen LogP contribution in [0.3, 0.4) is 0 Å². The number of ether oxygens (including phenoxy) is 2. The van der Waals surface area contributed by atoms with E-state index in [0.717, 1.165) is 0 Å². The summed E-state index contributed by atoms with van der Waals surface area (Å²) in [4.78, 5) is 12.4. The van der Waals surface area contributed by atoms with E-state index in [-0.39, 0.29) is 23.8 Å². The number of nitrogens with two attached hydrogens (primary N) is 1. The van der Waals surface area contributed by atoms with Gasteiger partial charge in [0.1, 0.15) is 5.75 Å². The first-order valence-electron chi connectivity index (χ1n) is 6.23. The summed E-state index contributed by atoms with van der Waals surface area (Å²) in [7, 11) is 0. The van der Waals surface area contributed by atoms with E-state index in [0.29, 0.717) is 24.5 Å². The van der Waals surface area contributed by atoms with Crippen LogP contribution in [-0.4, -0.2) is 31.1 Å². The Labute approximate surface area is 107 Å². The predicted molar refractivity (Wildman–Crippen MR) is 68.8 cm³/mol. The maximum Gasteiger partial charge on any atom is 0.173 e. The third kappa shape index (κ3) is 2.71. The molecule has 1 aliphatic heterocycles. The van der Waals surface area contributed by atoms with Crippen molar-refractivity contribution in [2.75, 3.05) is 13.2 Å².